The molecule has 1 aromatic carbocycles. The third-order valence-electron chi connectivity index (χ3n) is 3.61. The minimum Gasteiger partial charge on any atom is -0.467 e. The van der Waals surface area contributed by atoms with E-state index in [1.54, 1.807) is 23.3 Å². The van der Waals surface area contributed by atoms with Crippen LogP contribution in [-0.2, 0) is 4.74 Å². The van der Waals surface area contributed by atoms with E-state index in [-0.39, 0.29) is 22.7 Å². The molecule has 0 unspecified atom stereocenters. The normalized spacial score (nSPS) is 18.0. The Morgan fingerprint density at radius 3 is 2.87 bits per heavy atom. The van der Waals surface area contributed by atoms with E-state index in [0.29, 0.717) is 31.0 Å². The lowest BCUT2D eigenvalue weighted by molar-refractivity contribution is -0.384. The second-order valence-corrected chi connectivity index (χ2v) is 5.46. The van der Waals surface area contributed by atoms with Gasteiger partial charge in [-0.2, -0.15) is 0 Å². The molecule has 0 spiro atoms. The molecule has 0 aliphatic carbocycles. The van der Waals surface area contributed by atoms with E-state index in [4.69, 9.17) is 20.8 Å². The summed E-state index contributed by atoms with van der Waals surface area (Å²) in [4.78, 5) is 24.4. The number of rotatable bonds is 3. The average Bonchev–Trinajstić information content (AvgIpc) is 3.08. The lowest BCUT2D eigenvalue weighted by atomic mass is 10.1. The van der Waals surface area contributed by atoms with Crippen LogP contribution in [0.5, 0.6) is 0 Å². The molecule has 1 aliphatic rings. The summed E-state index contributed by atoms with van der Waals surface area (Å²) in [5.74, 6) is 0.408. The first-order chi connectivity index (χ1) is 11.1. The van der Waals surface area contributed by atoms with Crippen LogP contribution < -0.4 is 0 Å². The minimum atomic E-state index is -0.585. The Balaban J connectivity index is 1.77. The maximum atomic E-state index is 12.6. The molecule has 1 fully saturated rings. The van der Waals surface area contributed by atoms with Gasteiger partial charge in [-0.25, -0.2) is 0 Å². The van der Waals surface area contributed by atoms with Crippen molar-refractivity contribution in [3.05, 3.63) is 63.1 Å². The van der Waals surface area contributed by atoms with Crippen molar-refractivity contribution < 1.29 is 18.9 Å². The van der Waals surface area contributed by atoms with Crippen molar-refractivity contribution in [3.63, 3.8) is 0 Å². The molecule has 1 amide bonds. The summed E-state index contributed by atoms with van der Waals surface area (Å²) >= 11 is 5.87. The maximum absolute atomic E-state index is 12.6. The first kappa shape index (κ1) is 15.5. The van der Waals surface area contributed by atoms with Crippen molar-refractivity contribution in [2.24, 2.45) is 0 Å². The molecule has 0 bridgehead atoms. The highest BCUT2D eigenvalue weighted by Crippen LogP contribution is 2.27. The molecular formula is C15H13ClN2O5. The second kappa shape index (κ2) is 6.39. The molecule has 0 radical (unpaired) electrons. The molecule has 0 N–H and O–H groups in total. The van der Waals surface area contributed by atoms with Gasteiger partial charge in [-0.05, 0) is 24.3 Å². The summed E-state index contributed by atoms with van der Waals surface area (Å²) in [7, 11) is 0. The van der Waals surface area contributed by atoms with Crippen molar-refractivity contribution >= 4 is 23.2 Å². The minimum absolute atomic E-state index is 0.0586. The molecule has 8 heteroatoms. The highest BCUT2D eigenvalue weighted by atomic mass is 35.5. The van der Waals surface area contributed by atoms with Gasteiger partial charge in [0.25, 0.3) is 11.6 Å². The number of ether oxygens (including phenoxy) is 1. The van der Waals surface area contributed by atoms with Gasteiger partial charge in [0.2, 0.25) is 0 Å². The average molecular weight is 337 g/mol. The number of benzene rings is 1. The van der Waals surface area contributed by atoms with Crippen LogP contribution in [0.15, 0.2) is 41.0 Å². The van der Waals surface area contributed by atoms with Crippen LogP contribution in [0.2, 0.25) is 5.02 Å². The number of carbonyl (C=O) groups excluding carboxylic acids is 1. The van der Waals surface area contributed by atoms with E-state index in [2.05, 4.69) is 0 Å². The molecule has 2 aromatic rings. The van der Waals surface area contributed by atoms with E-state index >= 15 is 0 Å². The molecule has 7 nitrogen and oxygen atoms in total. The van der Waals surface area contributed by atoms with Gasteiger partial charge in [0.15, 0.2) is 0 Å². The Hall–Kier alpha value is -2.38. The molecule has 1 saturated heterocycles. The third kappa shape index (κ3) is 3.20. The Labute approximate surface area is 136 Å². The summed E-state index contributed by atoms with van der Waals surface area (Å²) in [6.07, 6.45) is 1.23. The molecule has 120 valence electrons. The van der Waals surface area contributed by atoms with Crippen molar-refractivity contribution in [3.8, 4) is 0 Å². The molecule has 1 aliphatic heterocycles. The molecule has 1 aromatic heterocycles. The Morgan fingerprint density at radius 1 is 1.39 bits per heavy atom. The quantitative estimate of drug-likeness (QED) is 0.635. The van der Waals surface area contributed by atoms with E-state index < -0.39 is 4.92 Å². The Morgan fingerprint density at radius 2 is 2.22 bits per heavy atom. The zero-order valence-corrected chi connectivity index (χ0v) is 12.7. The molecule has 1 atom stereocenters. The molecule has 2 heterocycles. The van der Waals surface area contributed by atoms with Gasteiger partial charge in [0.05, 0.1) is 24.3 Å². The predicted octanol–water partition coefficient (Wildman–Crippen LogP) is 3.05. The monoisotopic (exact) mass is 336 g/mol. The van der Waals surface area contributed by atoms with E-state index in [1.807, 2.05) is 0 Å². The predicted molar refractivity (Wildman–Crippen MR) is 81.4 cm³/mol. The summed E-state index contributed by atoms with van der Waals surface area (Å²) in [6, 6.07) is 7.51. The van der Waals surface area contributed by atoms with Gasteiger partial charge < -0.3 is 14.1 Å². The maximum Gasteiger partial charge on any atom is 0.287 e. The second-order valence-electron chi connectivity index (χ2n) is 5.05. The lowest BCUT2D eigenvalue weighted by Crippen LogP contribution is -2.42. The zero-order valence-electron chi connectivity index (χ0n) is 12.0. The van der Waals surface area contributed by atoms with Gasteiger partial charge in [-0.3, -0.25) is 14.9 Å². The number of morpholine rings is 1. The van der Waals surface area contributed by atoms with Crippen molar-refractivity contribution in [2.75, 3.05) is 19.7 Å². The standard InChI is InChI=1S/C15H13ClN2O5/c16-11-8-10(3-4-12(11)18(20)21)15(19)17-5-7-23-14(9-17)13-2-1-6-22-13/h1-4,6,8,14H,5,7,9H2/t14-/m1/s1. The zero-order chi connectivity index (χ0) is 16.4. The molecule has 23 heavy (non-hydrogen) atoms. The highest BCUT2D eigenvalue weighted by Gasteiger charge is 2.28. The van der Waals surface area contributed by atoms with Gasteiger partial charge in [0.1, 0.15) is 16.9 Å². The smallest absolute Gasteiger partial charge is 0.287 e. The third-order valence-corrected chi connectivity index (χ3v) is 3.91. The van der Waals surface area contributed by atoms with Gasteiger partial charge in [0, 0.05) is 18.2 Å². The van der Waals surface area contributed by atoms with Gasteiger partial charge >= 0.3 is 0 Å². The number of hydrogen-bond acceptors (Lipinski definition) is 5. The Bertz CT molecular complexity index is 731. The fourth-order valence-electron chi connectivity index (χ4n) is 2.45. The number of amides is 1. The number of halogens is 1. The van der Waals surface area contributed by atoms with Gasteiger partial charge in [-0.1, -0.05) is 11.6 Å². The number of furan rings is 1. The molecule has 3 rings (SSSR count). The van der Waals surface area contributed by atoms with E-state index in [1.165, 1.54) is 18.2 Å². The topological polar surface area (TPSA) is 85.8 Å². The van der Waals surface area contributed by atoms with E-state index in [9.17, 15) is 14.9 Å². The summed E-state index contributed by atoms with van der Waals surface area (Å²) < 4.78 is 10.9. The molecular weight excluding hydrogens is 324 g/mol. The first-order valence-electron chi connectivity index (χ1n) is 6.94. The number of carbonyl (C=O) groups is 1. The van der Waals surface area contributed by atoms with Crippen molar-refractivity contribution in [2.45, 2.75) is 6.10 Å². The van der Waals surface area contributed by atoms with Crippen LogP contribution in [0.4, 0.5) is 5.69 Å². The van der Waals surface area contributed by atoms with Gasteiger partial charge in [-0.15, -0.1) is 0 Å². The largest absolute Gasteiger partial charge is 0.467 e. The van der Waals surface area contributed by atoms with E-state index in [0.717, 1.165) is 0 Å². The number of nitro benzene ring substituents is 1. The van der Waals surface area contributed by atoms with Crippen LogP contribution in [0, 0.1) is 10.1 Å². The Kier molecular flexibility index (Phi) is 4.31. The van der Waals surface area contributed by atoms with Crippen LogP contribution in [0.3, 0.4) is 0 Å². The number of nitro groups is 1. The fraction of sp³-hybridized carbons (Fsp3) is 0.267. The SMILES string of the molecule is O=C(c1ccc([N+](=O)[O-])c(Cl)c1)N1CCO[C@@H](c2ccco2)C1. The van der Waals surface area contributed by atoms with Crippen LogP contribution >= 0.6 is 11.6 Å². The summed E-state index contributed by atoms with van der Waals surface area (Å²) in [6.45, 7) is 1.17. The van der Waals surface area contributed by atoms with Crippen LogP contribution in [0.1, 0.15) is 22.2 Å². The molecule has 0 saturated carbocycles. The van der Waals surface area contributed by atoms with Crippen molar-refractivity contribution in [1.29, 1.82) is 0 Å². The first-order valence-corrected chi connectivity index (χ1v) is 7.32. The summed E-state index contributed by atoms with van der Waals surface area (Å²) in [5.41, 5.74) is 0.0827. The summed E-state index contributed by atoms with van der Waals surface area (Å²) in [5, 5.41) is 10.7. The van der Waals surface area contributed by atoms with Crippen LogP contribution in [-0.4, -0.2) is 35.4 Å². The number of nitrogens with zero attached hydrogens (tertiary/aromatic N) is 2. The van der Waals surface area contributed by atoms with Crippen molar-refractivity contribution in [1.82, 2.24) is 4.90 Å². The fourth-order valence-corrected chi connectivity index (χ4v) is 2.70. The number of hydrogen-bond donors (Lipinski definition) is 0. The van der Waals surface area contributed by atoms with Crippen LogP contribution in [0.25, 0.3) is 0 Å². The lowest BCUT2D eigenvalue weighted by Gasteiger charge is -2.32. The highest BCUT2D eigenvalue weighted by molar-refractivity contribution is 6.33.